The molecule has 1 unspecified atom stereocenters. The fourth-order valence-corrected chi connectivity index (χ4v) is 10.3. The number of hydrogen-bond donors (Lipinski definition) is 0. The zero-order valence-corrected chi connectivity index (χ0v) is 52.5. The minimum atomic E-state index is -0.779. The molecule has 0 saturated carbocycles. The minimum Gasteiger partial charge on any atom is -0.462 e. The highest BCUT2D eigenvalue weighted by molar-refractivity contribution is 5.71. The molecule has 1 atom stereocenters. The Hall–Kier alpha value is -2.63. The van der Waals surface area contributed by atoms with Crippen LogP contribution in [0.15, 0.2) is 48.6 Å². The van der Waals surface area contributed by atoms with Crippen molar-refractivity contribution in [1.82, 2.24) is 0 Å². The van der Waals surface area contributed by atoms with Gasteiger partial charge in [-0.2, -0.15) is 0 Å². The number of esters is 3. The summed E-state index contributed by atoms with van der Waals surface area (Å²) in [6, 6.07) is 0. The van der Waals surface area contributed by atoms with Crippen molar-refractivity contribution in [2.75, 3.05) is 13.2 Å². The molecule has 0 N–H and O–H groups in total. The molecular formula is C72H132O6. The third kappa shape index (κ3) is 64.2. The first-order valence-electron chi connectivity index (χ1n) is 34.6. The third-order valence-electron chi connectivity index (χ3n) is 15.5. The summed E-state index contributed by atoms with van der Waals surface area (Å²) < 4.78 is 17.0. The summed E-state index contributed by atoms with van der Waals surface area (Å²) in [5.41, 5.74) is 0. The van der Waals surface area contributed by atoms with Crippen molar-refractivity contribution < 1.29 is 28.6 Å². The first-order chi connectivity index (χ1) is 38.5. The molecule has 0 radical (unpaired) electrons. The molecule has 0 aromatic carbocycles. The van der Waals surface area contributed by atoms with Crippen LogP contribution in [0, 0.1) is 0 Å². The number of unbranched alkanes of at least 4 members (excludes halogenated alkanes) is 45. The van der Waals surface area contributed by atoms with E-state index >= 15 is 0 Å². The summed E-state index contributed by atoms with van der Waals surface area (Å²) in [5, 5.41) is 0. The maximum atomic E-state index is 12.9. The maximum Gasteiger partial charge on any atom is 0.306 e. The van der Waals surface area contributed by atoms with Gasteiger partial charge in [0.1, 0.15) is 13.2 Å². The zero-order chi connectivity index (χ0) is 56.4. The molecule has 0 aromatic heterocycles. The van der Waals surface area contributed by atoms with E-state index in [-0.39, 0.29) is 31.1 Å². The molecule has 0 aromatic rings. The molecule has 0 heterocycles. The molecule has 0 amide bonds. The molecule has 0 aliphatic rings. The average Bonchev–Trinajstić information content (AvgIpc) is 3.44. The summed E-state index contributed by atoms with van der Waals surface area (Å²) in [5.74, 6) is -0.863. The van der Waals surface area contributed by atoms with Crippen LogP contribution in [0.3, 0.4) is 0 Å². The van der Waals surface area contributed by atoms with Crippen molar-refractivity contribution in [2.45, 2.75) is 380 Å². The van der Waals surface area contributed by atoms with Gasteiger partial charge in [-0.1, -0.05) is 301 Å². The van der Waals surface area contributed by atoms with Crippen LogP contribution in [0.4, 0.5) is 0 Å². The van der Waals surface area contributed by atoms with Gasteiger partial charge in [-0.25, -0.2) is 0 Å². The Morgan fingerprint density at radius 2 is 0.462 bits per heavy atom. The summed E-state index contributed by atoms with van der Waals surface area (Å²) in [6.45, 7) is 6.66. The van der Waals surface area contributed by atoms with Crippen LogP contribution in [0.1, 0.15) is 374 Å². The van der Waals surface area contributed by atoms with Gasteiger partial charge < -0.3 is 14.2 Å². The van der Waals surface area contributed by atoms with Crippen LogP contribution in [-0.4, -0.2) is 37.2 Å². The van der Waals surface area contributed by atoms with Gasteiger partial charge in [0.25, 0.3) is 0 Å². The van der Waals surface area contributed by atoms with Gasteiger partial charge in [-0.15, -0.1) is 0 Å². The average molecular weight is 1090 g/mol. The van der Waals surface area contributed by atoms with Crippen molar-refractivity contribution in [2.24, 2.45) is 0 Å². The maximum absolute atomic E-state index is 12.9. The fourth-order valence-electron chi connectivity index (χ4n) is 10.3. The molecule has 0 saturated heterocycles. The molecule has 456 valence electrons. The molecule has 6 heteroatoms. The predicted octanol–water partition coefficient (Wildman–Crippen LogP) is 23.7. The largest absolute Gasteiger partial charge is 0.462 e. The molecule has 0 aliphatic heterocycles. The lowest BCUT2D eigenvalue weighted by Crippen LogP contribution is -2.30. The van der Waals surface area contributed by atoms with Gasteiger partial charge in [-0.3, -0.25) is 14.4 Å². The van der Waals surface area contributed by atoms with Crippen molar-refractivity contribution in [3.63, 3.8) is 0 Å². The van der Waals surface area contributed by atoms with Gasteiger partial charge in [-0.05, 0) is 103 Å². The van der Waals surface area contributed by atoms with Crippen LogP contribution < -0.4 is 0 Å². The Labute approximate surface area is 486 Å². The Balaban J connectivity index is 4.30. The Bertz CT molecular complexity index is 1350. The lowest BCUT2D eigenvalue weighted by atomic mass is 10.0. The Morgan fingerprint density at radius 1 is 0.256 bits per heavy atom. The Morgan fingerprint density at radius 3 is 0.744 bits per heavy atom. The van der Waals surface area contributed by atoms with Crippen LogP contribution >= 0.6 is 0 Å². The summed E-state index contributed by atoms with van der Waals surface area (Å²) in [6.07, 6.45) is 84.1. The second-order valence-electron chi connectivity index (χ2n) is 23.4. The van der Waals surface area contributed by atoms with Crippen molar-refractivity contribution in [3.05, 3.63) is 48.6 Å². The van der Waals surface area contributed by atoms with E-state index in [2.05, 4.69) is 69.4 Å². The quantitative estimate of drug-likeness (QED) is 0.0261. The first-order valence-corrected chi connectivity index (χ1v) is 34.6. The van der Waals surface area contributed by atoms with Crippen molar-refractivity contribution >= 4 is 17.9 Å². The molecule has 0 fully saturated rings. The highest BCUT2D eigenvalue weighted by Gasteiger charge is 2.19. The highest BCUT2D eigenvalue weighted by atomic mass is 16.6. The number of carbonyl (C=O) groups is 3. The van der Waals surface area contributed by atoms with E-state index in [4.69, 9.17) is 14.2 Å². The van der Waals surface area contributed by atoms with Crippen LogP contribution in [0.2, 0.25) is 0 Å². The highest BCUT2D eigenvalue weighted by Crippen LogP contribution is 2.17. The lowest BCUT2D eigenvalue weighted by Gasteiger charge is -2.18. The van der Waals surface area contributed by atoms with Crippen LogP contribution in [-0.2, 0) is 28.6 Å². The predicted molar refractivity (Wildman–Crippen MR) is 339 cm³/mol. The number of ether oxygens (including phenoxy) is 3. The SMILES string of the molecule is CCCCC/C=C\C/C=C\CCCCCCCCCC(=O)OCC(COC(=O)CCCCCCCCCCCCCCC/C=C\CCCCCCCCCC)OC(=O)CCCCCCCCC/C=C\CCCCCCCCC. The minimum absolute atomic E-state index is 0.0745. The lowest BCUT2D eigenvalue weighted by molar-refractivity contribution is -0.167. The van der Waals surface area contributed by atoms with E-state index in [1.54, 1.807) is 0 Å². The summed E-state index contributed by atoms with van der Waals surface area (Å²) >= 11 is 0. The zero-order valence-electron chi connectivity index (χ0n) is 52.5. The topological polar surface area (TPSA) is 78.9 Å². The number of rotatable bonds is 64. The smallest absolute Gasteiger partial charge is 0.306 e. The van der Waals surface area contributed by atoms with Gasteiger partial charge in [0, 0.05) is 19.3 Å². The third-order valence-corrected chi connectivity index (χ3v) is 15.5. The molecule has 78 heavy (non-hydrogen) atoms. The van der Waals surface area contributed by atoms with Gasteiger partial charge in [0.2, 0.25) is 0 Å². The van der Waals surface area contributed by atoms with Gasteiger partial charge in [0.15, 0.2) is 6.10 Å². The molecule has 6 nitrogen and oxygen atoms in total. The Kier molecular flexibility index (Phi) is 64.6. The summed E-state index contributed by atoms with van der Waals surface area (Å²) in [4.78, 5) is 38.4. The molecule has 0 bridgehead atoms. The van der Waals surface area contributed by atoms with Gasteiger partial charge >= 0.3 is 17.9 Å². The molecule has 0 aliphatic carbocycles. The molecular weight excluding hydrogens is 961 g/mol. The normalized spacial score (nSPS) is 12.3. The van der Waals surface area contributed by atoms with Crippen molar-refractivity contribution in [3.8, 4) is 0 Å². The fraction of sp³-hybridized carbons (Fsp3) is 0.847. The molecule has 0 rings (SSSR count). The number of allylic oxidation sites excluding steroid dienone is 8. The van der Waals surface area contributed by atoms with Gasteiger partial charge in [0.05, 0.1) is 0 Å². The van der Waals surface area contributed by atoms with E-state index in [0.717, 1.165) is 70.6 Å². The van der Waals surface area contributed by atoms with Crippen LogP contribution in [0.5, 0.6) is 0 Å². The standard InChI is InChI=1S/C72H132O6/c1-4-7-10-13-16-19-22-25-28-31-33-34-35-36-37-38-39-42-44-47-50-53-56-59-62-65-71(74)77-68-69(67-76-70(73)64-61-58-55-52-49-46-43-40-30-27-24-21-18-15-12-9-6-3)78-72(75)66-63-60-57-54-51-48-45-41-32-29-26-23-20-17-14-11-8-5-2/h18,21,27,29-33,69H,4-17,19-20,22-26,28,34-68H2,1-3H3/b21-18-,30-27-,32-29-,33-31-. The van der Waals surface area contributed by atoms with E-state index in [0.29, 0.717) is 19.3 Å². The van der Waals surface area contributed by atoms with E-state index in [9.17, 15) is 14.4 Å². The van der Waals surface area contributed by atoms with Crippen molar-refractivity contribution in [1.29, 1.82) is 0 Å². The monoisotopic (exact) mass is 1090 g/mol. The number of hydrogen-bond acceptors (Lipinski definition) is 6. The van der Waals surface area contributed by atoms with E-state index in [1.807, 2.05) is 0 Å². The number of carbonyl (C=O) groups excluding carboxylic acids is 3. The van der Waals surface area contributed by atoms with Crippen LogP contribution in [0.25, 0.3) is 0 Å². The molecule has 0 spiro atoms. The van der Waals surface area contributed by atoms with E-state index < -0.39 is 6.10 Å². The second-order valence-corrected chi connectivity index (χ2v) is 23.4. The first kappa shape index (κ1) is 75.4. The second kappa shape index (κ2) is 66.9. The van der Waals surface area contributed by atoms with E-state index in [1.165, 1.54) is 263 Å². The summed E-state index contributed by atoms with van der Waals surface area (Å²) in [7, 11) is 0.